The van der Waals surface area contributed by atoms with Gasteiger partial charge in [-0.25, -0.2) is 0 Å². The molecule has 5 heteroatoms. The first-order valence-corrected chi connectivity index (χ1v) is 9.16. The molecule has 2 saturated heterocycles. The lowest BCUT2D eigenvalue weighted by molar-refractivity contribution is -0.133. The molecule has 2 fully saturated rings. The molecule has 0 aliphatic carbocycles. The van der Waals surface area contributed by atoms with E-state index in [1.807, 2.05) is 39.4 Å². The Kier molecular flexibility index (Phi) is 3.81. The van der Waals surface area contributed by atoms with Gasteiger partial charge in [0.05, 0.1) is 11.5 Å². The largest absolute Gasteiger partial charge is 0.342 e. The molecule has 23 heavy (non-hydrogen) atoms. The van der Waals surface area contributed by atoms with E-state index >= 15 is 0 Å². The third-order valence-electron chi connectivity index (χ3n) is 4.95. The lowest BCUT2D eigenvalue weighted by Crippen LogP contribution is -2.36. The van der Waals surface area contributed by atoms with Crippen LogP contribution in [0.1, 0.15) is 29.6 Å². The maximum Gasteiger partial charge on any atom is 0.255 e. The molecule has 2 aromatic rings. The summed E-state index contributed by atoms with van der Waals surface area (Å²) in [6, 6.07) is 7.91. The van der Waals surface area contributed by atoms with Gasteiger partial charge in [-0.3, -0.25) is 9.59 Å². The van der Waals surface area contributed by atoms with Crippen molar-refractivity contribution in [3.63, 3.8) is 0 Å². The van der Waals surface area contributed by atoms with Gasteiger partial charge in [0.25, 0.3) is 5.91 Å². The van der Waals surface area contributed by atoms with Crippen LogP contribution in [0.5, 0.6) is 0 Å². The van der Waals surface area contributed by atoms with E-state index in [9.17, 15) is 9.59 Å². The summed E-state index contributed by atoms with van der Waals surface area (Å²) in [5.41, 5.74) is 0.770. The maximum atomic E-state index is 12.9. The molecular formula is C18H20N2O2S. The third kappa shape index (κ3) is 2.63. The van der Waals surface area contributed by atoms with Gasteiger partial charge < -0.3 is 9.80 Å². The van der Waals surface area contributed by atoms with Crippen LogP contribution in [0.4, 0.5) is 0 Å². The number of benzene rings is 1. The number of likely N-dealkylation sites (tertiary alicyclic amines) is 2. The van der Waals surface area contributed by atoms with E-state index in [-0.39, 0.29) is 17.7 Å². The van der Waals surface area contributed by atoms with Gasteiger partial charge in [-0.15, -0.1) is 11.3 Å². The number of hydrogen-bond donors (Lipinski definition) is 0. The van der Waals surface area contributed by atoms with Gasteiger partial charge in [-0.05, 0) is 42.2 Å². The SMILES string of the molecule is O=C(c1cccc2ccsc12)N1CCC(C(=O)N2CCCC2)C1. The Hall–Kier alpha value is -1.88. The van der Waals surface area contributed by atoms with Crippen LogP contribution >= 0.6 is 11.3 Å². The maximum absolute atomic E-state index is 12.9. The minimum atomic E-state index is -0.0143. The van der Waals surface area contributed by atoms with Gasteiger partial charge in [0, 0.05) is 30.9 Å². The number of thiophene rings is 1. The third-order valence-corrected chi connectivity index (χ3v) is 5.92. The van der Waals surface area contributed by atoms with Crippen LogP contribution in [0, 0.1) is 5.92 Å². The second-order valence-corrected chi connectivity index (χ2v) is 7.33. The first kappa shape index (κ1) is 14.7. The number of amides is 2. The summed E-state index contributed by atoms with van der Waals surface area (Å²) in [7, 11) is 0. The Morgan fingerprint density at radius 3 is 2.70 bits per heavy atom. The average molecular weight is 328 g/mol. The number of nitrogens with zero attached hydrogens (tertiary/aromatic N) is 2. The molecule has 2 amide bonds. The lowest BCUT2D eigenvalue weighted by Gasteiger charge is -2.21. The zero-order valence-electron chi connectivity index (χ0n) is 13.0. The smallest absolute Gasteiger partial charge is 0.255 e. The summed E-state index contributed by atoms with van der Waals surface area (Å²) in [5.74, 6) is 0.293. The first-order valence-electron chi connectivity index (χ1n) is 8.28. The highest BCUT2D eigenvalue weighted by atomic mass is 32.1. The number of carbonyl (C=O) groups is 2. The number of fused-ring (bicyclic) bond motifs is 1. The lowest BCUT2D eigenvalue weighted by atomic mass is 10.1. The molecule has 120 valence electrons. The summed E-state index contributed by atoms with van der Waals surface area (Å²) in [4.78, 5) is 29.2. The molecular weight excluding hydrogens is 308 g/mol. The Morgan fingerprint density at radius 2 is 1.87 bits per heavy atom. The Balaban J connectivity index is 1.50. The summed E-state index contributed by atoms with van der Waals surface area (Å²) < 4.78 is 1.05. The fraction of sp³-hybridized carbons (Fsp3) is 0.444. The van der Waals surface area contributed by atoms with Crippen LogP contribution in [0.3, 0.4) is 0 Å². The molecule has 0 radical (unpaired) electrons. The zero-order chi connectivity index (χ0) is 15.8. The van der Waals surface area contributed by atoms with E-state index in [0.717, 1.165) is 48.0 Å². The number of carbonyl (C=O) groups excluding carboxylic acids is 2. The molecule has 0 spiro atoms. The van der Waals surface area contributed by atoms with Crippen molar-refractivity contribution < 1.29 is 9.59 Å². The Morgan fingerprint density at radius 1 is 1.04 bits per heavy atom. The molecule has 4 rings (SSSR count). The molecule has 2 aliphatic rings. The summed E-state index contributed by atoms with van der Waals surface area (Å²) in [6.45, 7) is 3.02. The summed E-state index contributed by atoms with van der Waals surface area (Å²) >= 11 is 1.61. The molecule has 4 nitrogen and oxygen atoms in total. The zero-order valence-corrected chi connectivity index (χ0v) is 13.8. The normalized spacial score (nSPS) is 21.3. The molecule has 1 aromatic carbocycles. The summed E-state index contributed by atoms with van der Waals surface area (Å²) in [6.07, 6.45) is 3.02. The van der Waals surface area contributed by atoms with Crippen molar-refractivity contribution in [3.05, 3.63) is 35.2 Å². The van der Waals surface area contributed by atoms with Crippen molar-refractivity contribution in [2.45, 2.75) is 19.3 Å². The van der Waals surface area contributed by atoms with Crippen LogP contribution in [0.15, 0.2) is 29.6 Å². The standard InChI is InChI=1S/C18H20N2O2S/c21-17(19-8-1-2-9-19)14-6-10-20(12-14)18(22)15-5-3-4-13-7-11-23-16(13)15/h3-5,7,11,14H,1-2,6,8-10,12H2. The van der Waals surface area contributed by atoms with E-state index in [4.69, 9.17) is 0 Å². The van der Waals surface area contributed by atoms with Crippen molar-refractivity contribution in [1.82, 2.24) is 9.80 Å². The van der Waals surface area contributed by atoms with Crippen molar-refractivity contribution in [1.29, 1.82) is 0 Å². The van der Waals surface area contributed by atoms with Gasteiger partial charge in [0.15, 0.2) is 0 Å². The molecule has 3 heterocycles. The van der Waals surface area contributed by atoms with E-state index in [2.05, 4.69) is 0 Å². The Labute approximate surface area is 139 Å². The van der Waals surface area contributed by atoms with Crippen molar-refractivity contribution in [2.75, 3.05) is 26.2 Å². The highest BCUT2D eigenvalue weighted by Gasteiger charge is 2.34. The first-order chi connectivity index (χ1) is 11.2. The quantitative estimate of drug-likeness (QED) is 0.850. The Bertz CT molecular complexity index is 748. The molecule has 1 atom stereocenters. The average Bonchev–Trinajstić information content (AvgIpc) is 3.33. The van der Waals surface area contributed by atoms with Crippen LogP contribution in [0.25, 0.3) is 10.1 Å². The van der Waals surface area contributed by atoms with Gasteiger partial charge >= 0.3 is 0 Å². The highest BCUT2D eigenvalue weighted by molar-refractivity contribution is 7.17. The minimum Gasteiger partial charge on any atom is -0.342 e. The van der Waals surface area contributed by atoms with E-state index in [1.165, 1.54) is 0 Å². The minimum absolute atomic E-state index is 0.0143. The number of hydrogen-bond acceptors (Lipinski definition) is 3. The van der Waals surface area contributed by atoms with Crippen molar-refractivity contribution in [3.8, 4) is 0 Å². The van der Waals surface area contributed by atoms with Crippen LogP contribution in [-0.4, -0.2) is 47.8 Å². The molecule has 0 saturated carbocycles. The second-order valence-electron chi connectivity index (χ2n) is 6.41. The van der Waals surface area contributed by atoms with Gasteiger partial charge in [-0.2, -0.15) is 0 Å². The van der Waals surface area contributed by atoms with Gasteiger partial charge in [0.1, 0.15) is 0 Å². The molecule has 0 N–H and O–H groups in total. The predicted molar refractivity (Wildman–Crippen MR) is 91.6 cm³/mol. The van der Waals surface area contributed by atoms with E-state index in [1.54, 1.807) is 11.3 Å². The van der Waals surface area contributed by atoms with E-state index in [0.29, 0.717) is 13.1 Å². The fourth-order valence-electron chi connectivity index (χ4n) is 3.67. The van der Waals surface area contributed by atoms with Crippen LogP contribution in [-0.2, 0) is 4.79 Å². The van der Waals surface area contributed by atoms with Crippen molar-refractivity contribution >= 4 is 33.2 Å². The van der Waals surface area contributed by atoms with Gasteiger partial charge in [0.2, 0.25) is 5.91 Å². The molecule has 0 bridgehead atoms. The second kappa shape index (κ2) is 5.96. The van der Waals surface area contributed by atoms with Crippen LogP contribution < -0.4 is 0 Å². The van der Waals surface area contributed by atoms with Crippen molar-refractivity contribution in [2.24, 2.45) is 5.92 Å². The summed E-state index contributed by atoms with van der Waals surface area (Å²) in [5, 5.41) is 3.13. The van der Waals surface area contributed by atoms with Crippen LogP contribution in [0.2, 0.25) is 0 Å². The van der Waals surface area contributed by atoms with E-state index < -0.39 is 0 Å². The highest BCUT2D eigenvalue weighted by Crippen LogP contribution is 2.28. The monoisotopic (exact) mass is 328 g/mol. The predicted octanol–water partition coefficient (Wildman–Crippen LogP) is 2.99. The fourth-order valence-corrected chi connectivity index (χ4v) is 4.58. The topological polar surface area (TPSA) is 40.6 Å². The molecule has 1 unspecified atom stereocenters. The van der Waals surface area contributed by atoms with Gasteiger partial charge in [-0.1, -0.05) is 12.1 Å². The molecule has 2 aliphatic heterocycles. The molecule has 1 aromatic heterocycles. The number of rotatable bonds is 2.